The number of halogens is 1. The molecule has 3 heteroatoms. The standard InChI is InChI=1S/C11H14BrNO/c12-10-6-8(2-4-11(10)14)7-1-3-9(13)5-7/h2,4,6-7,9,14H,1,3,5,13H2. The first kappa shape index (κ1) is 9.99. The van der Waals surface area contributed by atoms with Gasteiger partial charge in [0, 0.05) is 6.04 Å². The first-order valence-electron chi connectivity index (χ1n) is 4.91. The molecule has 0 heterocycles. The van der Waals surface area contributed by atoms with Gasteiger partial charge in [0.05, 0.1) is 4.47 Å². The Balaban J connectivity index is 2.20. The lowest BCUT2D eigenvalue weighted by atomic mass is 9.97. The average molecular weight is 256 g/mol. The number of hydrogen-bond donors (Lipinski definition) is 2. The molecular formula is C11H14BrNO. The number of hydrogen-bond acceptors (Lipinski definition) is 2. The van der Waals surface area contributed by atoms with Crippen LogP contribution in [0.4, 0.5) is 0 Å². The second-order valence-electron chi connectivity index (χ2n) is 3.98. The normalized spacial score (nSPS) is 26.7. The monoisotopic (exact) mass is 255 g/mol. The van der Waals surface area contributed by atoms with E-state index in [1.807, 2.05) is 12.1 Å². The Labute approximate surface area is 92.3 Å². The van der Waals surface area contributed by atoms with Crippen molar-refractivity contribution in [3.05, 3.63) is 28.2 Å². The van der Waals surface area contributed by atoms with Crippen molar-refractivity contribution in [1.82, 2.24) is 0 Å². The highest BCUT2D eigenvalue weighted by molar-refractivity contribution is 9.10. The first-order chi connectivity index (χ1) is 6.66. The van der Waals surface area contributed by atoms with E-state index < -0.39 is 0 Å². The van der Waals surface area contributed by atoms with E-state index in [9.17, 15) is 5.11 Å². The van der Waals surface area contributed by atoms with Gasteiger partial charge in [-0.2, -0.15) is 0 Å². The lowest BCUT2D eigenvalue weighted by Crippen LogP contribution is -2.14. The van der Waals surface area contributed by atoms with Crippen molar-refractivity contribution in [1.29, 1.82) is 0 Å². The minimum absolute atomic E-state index is 0.302. The molecule has 2 rings (SSSR count). The lowest BCUT2D eigenvalue weighted by Gasteiger charge is -2.10. The molecule has 1 saturated carbocycles. The fourth-order valence-corrected chi connectivity index (χ4v) is 2.49. The summed E-state index contributed by atoms with van der Waals surface area (Å²) in [5.41, 5.74) is 7.15. The van der Waals surface area contributed by atoms with Crippen molar-refractivity contribution < 1.29 is 5.11 Å². The zero-order chi connectivity index (χ0) is 10.1. The highest BCUT2D eigenvalue weighted by atomic mass is 79.9. The molecule has 0 amide bonds. The first-order valence-corrected chi connectivity index (χ1v) is 5.70. The maximum atomic E-state index is 9.37. The molecule has 2 nitrogen and oxygen atoms in total. The smallest absolute Gasteiger partial charge is 0.129 e. The van der Waals surface area contributed by atoms with E-state index >= 15 is 0 Å². The van der Waals surface area contributed by atoms with E-state index in [4.69, 9.17) is 5.73 Å². The van der Waals surface area contributed by atoms with Crippen molar-refractivity contribution in [3.63, 3.8) is 0 Å². The number of phenolic OH excluding ortho intramolecular Hbond substituents is 1. The van der Waals surface area contributed by atoms with E-state index in [2.05, 4.69) is 15.9 Å². The van der Waals surface area contributed by atoms with Crippen LogP contribution < -0.4 is 5.73 Å². The maximum absolute atomic E-state index is 9.37. The second-order valence-corrected chi connectivity index (χ2v) is 4.84. The summed E-state index contributed by atoms with van der Waals surface area (Å²) in [4.78, 5) is 0. The summed E-state index contributed by atoms with van der Waals surface area (Å²) >= 11 is 3.33. The van der Waals surface area contributed by atoms with Gasteiger partial charge in [-0.15, -0.1) is 0 Å². The maximum Gasteiger partial charge on any atom is 0.129 e. The van der Waals surface area contributed by atoms with Crippen LogP contribution in [0.2, 0.25) is 0 Å². The van der Waals surface area contributed by atoms with Gasteiger partial charge in [-0.05, 0) is 58.8 Å². The van der Waals surface area contributed by atoms with E-state index in [1.165, 1.54) is 12.0 Å². The molecule has 0 bridgehead atoms. The van der Waals surface area contributed by atoms with E-state index in [1.54, 1.807) is 6.07 Å². The van der Waals surface area contributed by atoms with Crippen LogP contribution in [0.1, 0.15) is 30.7 Å². The molecule has 76 valence electrons. The lowest BCUT2D eigenvalue weighted by molar-refractivity contribution is 0.471. The molecule has 1 aliphatic carbocycles. The molecule has 1 aliphatic rings. The zero-order valence-corrected chi connectivity index (χ0v) is 9.50. The Bertz CT molecular complexity index is 340. The Morgan fingerprint density at radius 2 is 2.14 bits per heavy atom. The van der Waals surface area contributed by atoms with Crippen molar-refractivity contribution in [2.24, 2.45) is 5.73 Å². The predicted octanol–water partition coefficient (Wildman–Crippen LogP) is 2.75. The summed E-state index contributed by atoms with van der Waals surface area (Å²) in [5, 5.41) is 9.37. The summed E-state index contributed by atoms with van der Waals surface area (Å²) in [6.45, 7) is 0. The molecule has 2 unspecified atom stereocenters. The largest absolute Gasteiger partial charge is 0.507 e. The van der Waals surface area contributed by atoms with Crippen LogP contribution in [-0.2, 0) is 0 Å². The van der Waals surface area contributed by atoms with Gasteiger partial charge in [0.25, 0.3) is 0 Å². The van der Waals surface area contributed by atoms with Crippen LogP contribution in [-0.4, -0.2) is 11.1 Å². The van der Waals surface area contributed by atoms with Gasteiger partial charge in [0.2, 0.25) is 0 Å². The van der Waals surface area contributed by atoms with Crippen molar-refractivity contribution in [2.45, 2.75) is 31.2 Å². The number of aromatic hydroxyl groups is 1. The van der Waals surface area contributed by atoms with Gasteiger partial charge in [-0.25, -0.2) is 0 Å². The third-order valence-electron chi connectivity index (χ3n) is 2.92. The van der Waals surface area contributed by atoms with Crippen LogP contribution in [0.3, 0.4) is 0 Å². The Morgan fingerprint density at radius 3 is 2.71 bits per heavy atom. The van der Waals surface area contributed by atoms with Crippen LogP contribution in [0.15, 0.2) is 22.7 Å². The molecule has 0 saturated heterocycles. The molecule has 0 aliphatic heterocycles. The highest BCUT2D eigenvalue weighted by Crippen LogP contribution is 2.36. The second kappa shape index (κ2) is 3.91. The van der Waals surface area contributed by atoms with Gasteiger partial charge in [0.15, 0.2) is 0 Å². The van der Waals surface area contributed by atoms with Crippen LogP contribution in [0.25, 0.3) is 0 Å². The summed E-state index contributed by atoms with van der Waals surface area (Å²) in [6, 6.07) is 6.08. The fraction of sp³-hybridized carbons (Fsp3) is 0.455. The minimum atomic E-state index is 0.302. The van der Waals surface area contributed by atoms with Crippen LogP contribution in [0.5, 0.6) is 5.75 Å². The van der Waals surface area contributed by atoms with Gasteiger partial charge in [0.1, 0.15) is 5.75 Å². The highest BCUT2D eigenvalue weighted by Gasteiger charge is 2.23. The summed E-state index contributed by atoms with van der Waals surface area (Å²) in [7, 11) is 0. The SMILES string of the molecule is NC1CCC(c2ccc(O)c(Br)c2)C1. The third-order valence-corrected chi connectivity index (χ3v) is 3.55. The molecule has 0 spiro atoms. The van der Waals surface area contributed by atoms with Crippen molar-refractivity contribution in [2.75, 3.05) is 0 Å². The van der Waals surface area contributed by atoms with E-state index in [0.29, 0.717) is 17.7 Å². The van der Waals surface area contributed by atoms with Crippen LogP contribution >= 0.6 is 15.9 Å². The van der Waals surface area contributed by atoms with Gasteiger partial charge >= 0.3 is 0 Å². The molecule has 0 radical (unpaired) electrons. The topological polar surface area (TPSA) is 46.2 Å². The van der Waals surface area contributed by atoms with Gasteiger partial charge < -0.3 is 10.8 Å². The Hall–Kier alpha value is -0.540. The Kier molecular flexibility index (Phi) is 2.79. The molecule has 2 atom stereocenters. The van der Waals surface area contributed by atoms with E-state index in [0.717, 1.165) is 17.3 Å². The summed E-state index contributed by atoms with van der Waals surface area (Å²) in [5.74, 6) is 0.873. The van der Waals surface area contributed by atoms with Gasteiger partial charge in [-0.1, -0.05) is 6.07 Å². The average Bonchev–Trinajstić information content (AvgIpc) is 2.57. The quantitative estimate of drug-likeness (QED) is 0.811. The number of benzene rings is 1. The summed E-state index contributed by atoms with van der Waals surface area (Å²) < 4.78 is 0.774. The van der Waals surface area contributed by atoms with Crippen molar-refractivity contribution in [3.8, 4) is 5.75 Å². The summed E-state index contributed by atoms with van der Waals surface area (Å²) in [6.07, 6.45) is 3.35. The Morgan fingerprint density at radius 1 is 1.36 bits per heavy atom. The third kappa shape index (κ3) is 1.93. The predicted molar refractivity (Wildman–Crippen MR) is 60.4 cm³/mol. The molecule has 3 N–H and O–H groups in total. The molecule has 1 aromatic rings. The van der Waals surface area contributed by atoms with Gasteiger partial charge in [-0.3, -0.25) is 0 Å². The molecular weight excluding hydrogens is 242 g/mol. The van der Waals surface area contributed by atoms with E-state index in [-0.39, 0.29) is 0 Å². The molecule has 1 fully saturated rings. The molecule has 0 aromatic heterocycles. The fourth-order valence-electron chi connectivity index (χ4n) is 2.10. The number of rotatable bonds is 1. The minimum Gasteiger partial charge on any atom is -0.507 e. The van der Waals surface area contributed by atoms with Crippen LogP contribution in [0, 0.1) is 0 Å². The molecule has 14 heavy (non-hydrogen) atoms. The number of phenols is 1. The van der Waals surface area contributed by atoms with Crippen molar-refractivity contribution >= 4 is 15.9 Å². The number of nitrogens with two attached hydrogens (primary N) is 1. The zero-order valence-electron chi connectivity index (χ0n) is 7.91. The molecule has 1 aromatic carbocycles.